The first-order valence-corrected chi connectivity index (χ1v) is 6.81. The summed E-state index contributed by atoms with van der Waals surface area (Å²) in [5.74, 6) is 2.57. The van der Waals surface area contributed by atoms with Crippen molar-refractivity contribution in [1.82, 2.24) is 9.55 Å². The number of aryl methyl sites for hydroxylation is 1. The van der Waals surface area contributed by atoms with E-state index in [2.05, 4.69) is 15.6 Å². The van der Waals surface area contributed by atoms with Crippen molar-refractivity contribution in [3.05, 3.63) is 47.8 Å². The van der Waals surface area contributed by atoms with Crippen molar-refractivity contribution in [2.24, 2.45) is 0 Å². The Balaban J connectivity index is 1.75. The fourth-order valence-electron chi connectivity index (χ4n) is 2.69. The quantitative estimate of drug-likeness (QED) is 0.734. The smallest absolute Gasteiger partial charge is 0.231 e. The molecule has 0 radical (unpaired) electrons. The lowest BCUT2D eigenvalue weighted by molar-refractivity contribution is 0.174. The molecule has 1 aliphatic heterocycles. The van der Waals surface area contributed by atoms with Crippen LogP contribution in [-0.2, 0) is 6.54 Å². The lowest BCUT2D eigenvalue weighted by Crippen LogP contribution is -2.02. The molecule has 0 spiro atoms. The van der Waals surface area contributed by atoms with E-state index in [9.17, 15) is 0 Å². The summed E-state index contributed by atoms with van der Waals surface area (Å²) >= 11 is 0. The molecule has 4 rings (SSSR count). The molecule has 5 heteroatoms. The maximum atomic E-state index is 5.82. The number of anilines is 1. The van der Waals surface area contributed by atoms with Crippen molar-refractivity contribution in [2.75, 3.05) is 12.5 Å². The molecule has 1 aromatic heterocycles. The molecular weight excluding hydrogens is 266 g/mol. The van der Waals surface area contributed by atoms with Crippen LogP contribution in [0.1, 0.15) is 11.4 Å². The largest absolute Gasteiger partial charge is 0.454 e. The van der Waals surface area contributed by atoms with Crippen molar-refractivity contribution in [1.29, 1.82) is 0 Å². The highest BCUT2D eigenvalue weighted by atomic mass is 16.7. The van der Waals surface area contributed by atoms with E-state index in [1.165, 1.54) is 0 Å². The Morgan fingerprint density at radius 2 is 2.00 bits per heavy atom. The molecule has 21 heavy (non-hydrogen) atoms. The maximum Gasteiger partial charge on any atom is 0.231 e. The van der Waals surface area contributed by atoms with Crippen LogP contribution in [0.25, 0.3) is 11.0 Å². The molecule has 0 saturated carbocycles. The molecule has 106 valence electrons. The highest BCUT2D eigenvalue weighted by Crippen LogP contribution is 2.33. The van der Waals surface area contributed by atoms with Gasteiger partial charge in [-0.1, -0.05) is 6.07 Å². The zero-order chi connectivity index (χ0) is 14.4. The summed E-state index contributed by atoms with van der Waals surface area (Å²) in [6, 6.07) is 11.8. The van der Waals surface area contributed by atoms with Crippen LogP contribution >= 0.6 is 0 Å². The van der Waals surface area contributed by atoms with E-state index in [-0.39, 0.29) is 0 Å². The number of benzene rings is 2. The summed E-state index contributed by atoms with van der Waals surface area (Å²) in [6.45, 7) is 3.04. The van der Waals surface area contributed by atoms with Gasteiger partial charge in [0.15, 0.2) is 11.5 Å². The highest BCUT2D eigenvalue weighted by Gasteiger charge is 2.14. The predicted octanol–water partition coefficient (Wildman–Crippen LogP) is 2.70. The fourth-order valence-corrected chi connectivity index (χ4v) is 2.69. The van der Waals surface area contributed by atoms with E-state index in [0.717, 1.165) is 46.2 Å². The Labute approximate surface area is 121 Å². The highest BCUT2D eigenvalue weighted by molar-refractivity contribution is 5.79. The maximum absolute atomic E-state index is 5.82. The summed E-state index contributed by atoms with van der Waals surface area (Å²) in [5, 5.41) is 0. The van der Waals surface area contributed by atoms with Crippen LogP contribution in [0.4, 0.5) is 5.69 Å². The van der Waals surface area contributed by atoms with Crippen molar-refractivity contribution in [3.63, 3.8) is 0 Å². The summed E-state index contributed by atoms with van der Waals surface area (Å²) in [5.41, 5.74) is 9.71. The van der Waals surface area contributed by atoms with Crippen LogP contribution < -0.4 is 15.2 Å². The van der Waals surface area contributed by atoms with Gasteiger partial charge in [-0.25, -0.2) is 4.98 Å². The van der Waals surface area contributed by atoms with Crippen molar-refractivity contribution >= 4 is 16.7 Å². The number of nitrogens with zero attached hydrogens (tertiary/aromatic N) is 2. The third-order valence-electron chi connectivity index (χ3n) is 3.74. The van der Waals surface area contributed by atoms with Crippen molar-refractivity contribution < 1.29 is 9.47 Å². The van der Waals surface area contributed by atoms with Gasteiger partial charge < -0.3 is 19.8 Å². The minimum Gasteiger partial charge on any atom is -0.454 e. The third kappa shape index (κ3) is 1.98. The van der Waals surface area contributed by atoms with Gasteiger partial charge in [-0.05, 0) is 42.8 Å². The van der Waals surface area contributed by atoms with Crippen LogP contribution in [0.15, 0.2) is 36.4 Å². The van der Waals surface area contributed by atoms with Crippen LogP contribution in [0.2, 0.25) is 0 Å². The molecular formula is C16H15N3O2. The first kappa shape index (κ1) is 12.1. The second-order valence-electron chi connectivity index (χ2n) is 5.18. The van der Waals surface area contributed by atoms with Gasteiger partial charge in [-0.15, -0.1) is 0 Å². The molecule has 1 aliphatic rings. The molecule has 2 N–H and O–H groups in total. The third-order valence-corrected chi connectivity index (χ3v) is 3.74. The number of hydrogen-bond acceptors (Lipinski definition) is 4. The Kier molecular flexibility index (Phi) is 2.54. The zero-order valence-corrected chi connectivity index (χ0v) is 11.7. The summed E-state index contributed by atoms with van der Waals surface area (Å²) in [6.07, 6.45) is 0. The Morgan fingerprint density at radius 1 is 1.14 bits per heavy atom. The standard InChI is InChI=1S/C16H15N3O2/c1-10-18-13-7-12(17)3-4-14(13)19(10)8-11-2-5-15-16(6-11)21-9-20-15/h2-7H,8-9,17H2,1H3. The van der Waals surface area contributed by atoms with Gasteiger partial charge in [0.1, 0.15) is 5.82 Å². The Bertz CT molecular complexity index is 839. The Morgan fingerprint density at radius 3 is 2.90 bits per heavy atom. The second kappa shape index (κ2) is 4.41. The van der Waals surface area contributed by atoms with E-state index < -0.39 is 0 Å². The number of imidazole rings is 1. The number of rotatable bonds is 2. The molecule has 0 bridgehead atoms. The van der Waals surface area contributed by atoms with E-state index in [1.807, 2.05) is 37.3 Å². The van der Waals surface area contributed by atoms with Crippen LogP contribution in [0.5, 0.6) is 11.5 Å². The van der Waals surface area contributed by atoms with Gasteiger partial charge in [-0.3, -0.25) is 0 Å². The average Bonchev–Trinajstić information content (AvgIpc) is 3.03. The number of fused-ring (bicyclic) bond motifs is 2. The van der Waals surface area contributed by atoms with E-state index in [4.69, 9.17) is 15.2 Å². The second-order valence-corrected chi connectivity index (χ2v) is 5.18. The number of nitrogens with two attached hydrogens (primary N) is 1. The first-order valence-electron chi connectivity index (χ1n) is 6.81. The molecule has 0 aliphatic carbocycles. The molecule has 0 fully saturated rings. The summed E-state index contributed by atoms with van der Waals surface area (Å²) in [7, 11) is 0. The molecule has 5 nitrogen and oxygen atoms in total. The molecule has 0 saturated heterocycles. The number of ether oxygens (including phenoxy) is 2. The van der Waals surface area contributed by atoms with E-state index in [1.54, 1.807) is 0 Å². The van der Waals surface area contributed by atoms with Gasteiger partial charge in [0.05, 0.1) is 11.0 Å². The average molecular weight is 281 g/mol. The minimum atomic E-state index is 0.297. The lowest BCUT2D eigenvalue weighted by atomic mass is 10.2. The van der Waals surface area contributed by atoms with Crippen LogP contribution in [-0.4, -0.2) is 16.3 Å². The minimum absolute atomic E-state index is 0.297. The van der Waals surface area contributed by atoms with Gasteiger partial charge in [0, 0.05) is 12.2 Å². The lowest BCUT2D eigenvalue weighted by Gasteiger charge is -2.08. The van der Waals surface area contributed by atoms with Crippen LogP contribution in [0, 0.1) is 6.92 Å². The summed E-state index contributed by atoms with van der Waals surface area (Å²) < 4.78 is 12.9. The Hall–Kier alpha value is -2.69. The molecule has 3 aromatic rings. The molecule has 0 unspecified atom stereocenters. The number of hydrogen-bond donors (Lipinski definition) is 1. The SMILES string of the molecule is Cc1nc2cc(N)ccc2n1Cc1ccc2c(c1)OCO2. The fraction of sp³-hybridized carbons (Fsp3) is 0.188. The van der Waals surface area contributed by atoms with Gasteiger partial charge in [-0.2, -0.15) is 0 Å². The normalized spacial score (nSPS) is 13.0. The number of nitrogen functional groups attached to an aromatic ring is 1. The van der Waals surface area contributed by atoms with E-state index in [0.29, 0.717) is 6.79 Å². The van der Waals surface area contributed by atoms with Crippen molar-refractivity contribution in [3.8, 4) is 11.5 Å². The van der Waals surface area contributed by atoms with Gasteiger partial charge in [0.25, 0.3) is 0 Å². The topological polar surface area (TPSA) is 62.3 Å². The number of aromatic nitrogens is 2. The van der Waals surface area contributed by atoms with Gasteiger partial charge >= 0.3 is 0 Å². The van der Waals surface area contributed by atoms with E-state index >= 15 is 0 Å². The molecule has 2 aromatic carbocycles. The van der Waals surface area contributed by atoms with Crippen LogP contribution in [0.3, 0.4) is 0 Å². The molecule has 0 amide bonds. The molecule has 2 heterocycles. The predicted molar refractivity (Wildman–Crippen MR) is 80.5 cm³/mol. The first-order chi connectivity index (χ1) is 10.2. The van der Waals surface area contributed by atoms with Gasteiger partial charge in [0.2, 0.25) is 6.79 Å². The monoisotopic (exact) mass is 281 g/mol. The van der Waals surface area contributed by atoms with Crippen molar-refractivity contribution in [2.45, 2.75) is 13.5 Å². The molecule has 0 atom stereocenters. The zero-order valence-electron chi connectivity index (χ0n) is 11.7. The summed E-state index contributed by atoms with van der Waals surface area (Å²) in [4.78, 5) is 4.57.